The van der Waals surface area contributed by atoms with Gasteiger partial charge in [-0.1, -0.05) is 12.1 Å². The van der Waals surface area contributed by atoms with E-state index >= 15 is 0 Å². The van der Waals surface area contributed by atoms with Gasteiger partial charge in [0.1, 0.15) is 18.4 Å². The number of rotatable bonds is 10. The van der Waals surface area contributed by atoms with Gasteiger partial charge in [0.25, 0.3) is 0 Å². The maximum Gasteiger partial charge on any atom is 0.242 e. The van der Waals surface area contributed by atoms with Crippen molar-refractivity contribution in [2.45, 2.75) is 26.4 Å². The molecule has 0 aliphatic rings. The number of carbonyl (C=O) groups excluding carboxylic acids is 1. The topological polar surface area (TPSA) is 77.4 Å². The smallest absolute Gasteiger partial charge is 0.242 e. The van der Waals surface area contributed by atoms with Gasteiger partial charge in [0.15, 0.2) is 0 Å². The molecule has 0 aliphatic carbocycles. The maximum absolute atomic E-state index is 12.6. The van der Waals surface area contributed by atoms with Crippen molar-refractivity contribution in [1.29, 1.82) is 0 Å². The number of hydrogen-bond donors (Lipinski definition) is 2. The molecule has 26 heavy (non-hydrogen) atoms. The van der Waals surface area contributed by atoms with Crippen LogP contribution in [0.2, 0.25) is 0 Å². The first kappa shape index (κ1) is 19.9. The first-order chi connectivity index (χ1) is 12.5. The molecule has 0 saturated heterocycles. The molecule has 1 aromatic heterocycles. The van der Waals surface area contributed by atoms with E-state index in [1.165, 1.54) is 0 Å². The van der Waals surface area contributed by atoms with E-state index in [9.17, 15) is 4.79 Å². The molecule has 7 heteroatoms. The van der Waals surface area contributed by atoms with Crippen LogP contribution in [-0.4, -0.2) is 42.6 Å². The van der Waals surface area contributed by atoms with E-state index in [-0.39, 0.29) is 5.91 Å². The number of likely N-dealkylation sites (N-methyl/N-ethyl adjacent to an activating group) is 1. The van der Waals surface area contributed by atoms with Gasteiger partial charge in [0.05, 0.1) is 12.8 Å². The summed E-state index contributed by atoms with van der Waals surface area (Å²) in [6, 6.07) is 5.51. The minimum Gasteiger partial charge on any atom is -0.491 e. The summed E-state index contributed by atoms with van der Waals surface area (Å²) in [7, 11) is 3.58. The molecule has 1 aromatic carbocycles. The van der Waals surface area contributed by atoms with Gasteiger partial charge in [0.2, 0.25) is 5.91 Å². The SMILES string of the molecule is CCOCCOc1cc(C)ccc1CNC(=O)C(NC)c1cnn(C)c1. The third-order valence-corrected chi connectivity index (χ3v) is 3.97. The molecule has 0 saturated carbocycles. The molecule has 2 aromatic rings. The summed E-state index contributed by atoms with van der Waals surface area (Å²) in [6.45, 7) is 6.04. The van der Waals surface area contributed by atoms with Crippen LogP contribution in [0.3, 0.4) is 0 Å². The van der Waals surface area contributed by atoms with Gasteiger partial charge >= 0.3 is 0 Å². The Morgan fingerprint density at radius 3 is 2.81 bits per heavy atom. The van der Waals surface area contributed by atoms with E-state index in [4.69, 9.17) is 9.47 Å². The molecule has 1 unspecified atom stereocenters. The number of amides is 1. The second-order valence-electron chi connectivity index (χ2n) is 6.04. The molecule has 0 radical (unpaired) electrons. The molecule has 0 fully saturated rings. The molecule has 2 rings (SSSR count). The Morgan fingerprint density at radius 1 is 1.35 bits per heavy atom. The number of nitrogens with one attached hydrogen (secondary N) is 2. The van der Waals surface area contributed by atoms with Crippen molar-refractivity contribution in [2.75, 3.05) is 26.9 Å². The van der Waals surface area contributed by atoms with Crippen molar-refractivity contribution < 1.29 is 14.3 Å². The van der Waals surface area contributed by atoms with E-state index < -0.39 is 6.04 Å². The minimum absolute atomic E-state index is 0.110. The van der Waals surface area contributed by atoms with E-state index in [1.54, 1.807) is 17.9 Å². The lowest BCUT2D eigenvalue weighted by Gasteiger charge is -2.16. The fourth-order valence-corrected chi connectivity index (χ4v) is 2.62. The molecular weight excluding hydrogens is 332 g/mol. The average molecular weight is 360 g/mol. The highest BCUT2D eigenvalue weighted by molar-refractivity contribution is 5.83. The van der Waals surface area contributed by atoms with Gasteiger partial charge in [-0.05, 0) is 32.5 Å². The Hall–Kier alpha value is -2.38. The molecule has 0 aliphatic heterocycles. The van der Waals surface area contributed by atoms with Gasteiger partial charge in [-0.2, -0.15) is 5.10 Å². The number of nitrogens with zero attached hydrogens (tertiary/aromatic N) is 2. The lowest BCUT2D eigenvalue weighted by molar-refractivity contribution is -0.123. The molecule has 7 nitrogen and oxygen atoms in total. The lowest BCUT2D eigenvalue weighted by atomic mass is 10.1. The summed E-state index contributed by atoms with van der Waals surface area (Å²) < 4.78 is 12.8. The van der Waals surface area contributed by atoms with E-state index in [0.29, 0.717) is 26.4 Å². The third kappa shape index (κ3) is 5.57. The van der Waals surface area contributed by atoms with Gasteiger partial charge in [-0.25, -0.2) is 0 Å². The Labute approximate surface area is 154 Å². The largest absolute Gasteiger partial charge is 0.491 e. The quantitative estimate of drug-likeness (QED) is 0.631. The first-order valence-electron chi connectivity index (χ1n) is 8.78. The minimum atomic E-state index is -0.448. The number of carbonyl (C=O) groups is 1. The van der Waals surface area contributed by atoms with Crippen LogP contribution in [0, 0.1) is 6.92 Å². The molecule has 0 spiro atoms. The highest BCUT2D eigenvalue weighted by atomic mass is 16.5. The number of hydrogen-bond acceptors (Lipinski definition) is 5. The van der Waals surface area contributed by atoms with Crippen LogP contribution < -0.4 is 15.4 Å². The monoisotopic (exact) mass is 360 g/mol. The summed E-state index contributed by atoms with van der Waals surface area (Å²) >= 11 is 0. The van der Waals surface area contributed by atoms with Crippen LogP contribution in [0.25, 0.3) is 0 Å². The van der Waals surface area contributed by atoms with Gasteiger partial charge < -0.3 is 20.1 Å². The van der Waals surface area contributed by atoms with Crippen molar-refractivity contribution in [3.05, 3.63) is 47.3 Å². The standard InChI is InChI=1S/C19H28N4O3/c1-5-25-8-9-26-17-10-14(2)6-7-15(17)11-21-19(24)18(20-3)16-12-22-23(4)13-16/h6-7,10,12-13,18,20H,5,8-9,11H2,1-4H3,(H,21,24). The maximum atomic E-state index is 12.6. The Kier molecular flexibility index (Phi) is 7.62. The fourth-order valence-electron chi connectivity index (χ4n) is 2.62. The van der Waals surface area contributed by atoms with Crippen molar-refractivity contribution in [2.24, 2.45) is 7.05 Å². The highest BCUT2D eigenvalue weighted by Crippen LogP contribution is 2.21. The molecular formula is C19H28N4O3. The Balaban J connectivity index is 2.00. The second-order valence-corrected chi connectivity index (χ2v) is 6.04. The van der Waals surface area contributed by atoms with E-state index in [1.807, 2.05) is 45.3 Å². The van der Waals surface area contributed by atoms with Crippen LogP contribution in [0.1, 0.15) is 29.7 Å². The van der Waals surface area contributed by atoms with Crippen LogP contribution >= 0.6 is 0 Å². The predicted molar refractivity (Wildman–Crippen MR) is 100 cm³/mol. The first-order valence-corrected chi connectivity index (χ1v) is 8.78. The number of aromatic nitrogens is 2. The van der Waals surface area contributed by atoms with Crippen molar-refractivity contribution >= 4 is 5.91 Å². The number of ether oxygens (including phenoxy) is 2. The van der Waals surface area contributed by atoms with Gasteiger partial charge in [-0.3, -0.25) is 9.48 Å². The van der Waals surface area contributed by atoms with E-state index in [2.05, 4.69) is 15.7 Å². The highest BCUT2D eigenvalue weighted by Gasteiger charge is 2.20. The average Bonchev–Trinajstić information content (AvgIpc) is 3.04. The number of benzene rings is 1. The van der Waals surface area contributed by atoms with Crippen LogP contribution in [-0.2, 0) is 23.1 Å². The summed E-state index contributed by atoms with van der Waals surface area (Å²) in [5, 5.41) is 10.1. The van der Waals surface area contributed by atoms with Crippen LogP contribution in [0.5, 0.6) is 5.75 Å². The van der Waals surface area contributed by atoms with Crippen LogP contribution in [0.15, 0.2) is 30.6 Å². The summed E-state index contributed by atoms with van der Waals surface area (Å²) in [5.41, 5.74) is 2.86. The third-order valence-electron chi connectivity index (χ3n) is 3.97. The second kappa shape index (κ2) is 9.94. The molecule has 0 bridgehead atoms. The summed E-state index contributed by atoms with van der Waals surface area (Å²) in [6.07, 6.45) is 3.52. The van der Waals surface area contributed by atoms with Gasteiger partial charge in [0, 0.05) is 37.5 Å². The summed E-state index contributed by atoms with van der Waals surface area (Å²) in [5.74, 6) is 0.661. The molecule has 1 amide bonds. The Bertz CT molecular complexity index is 715. The van der Waals surface area contributed by atoms with Crippen molar-refractivity contribution in [3.63, 3.8) is 0 Å². The summed E-state index contributed by atoms with van der Waals surface area (Å²) in [4.78, 5) is 12.6. The zero-order valence-corrected chi connectivity index (χ0v) is 15.9. The molecule has 2 N–H and O–H groups in total. The molecule has 1 atom stereocenters. The molecule has 1 heterocycles. The fraction of sp³-hybridized carbons (Fsp3) is 0.474. The lowest BCUT2D eigenvalue weighted by Crippen LogP contribution is -2.35. The zero-order valence-electron chi connectivity index (χ0n) is 15.9. The van der Waals surface area contributed by atoms with Crippen molar-refractivity contribution in [1.82, 2.24) is 20.4 Å². The Morgan fingerprint density at radius 2 is 2.15 bits per heavy atom. The van der Waals surface area contributed by atoms with Gasteiger partial charge in [-0.15, -0.1) is 0 Å². The van der Waals surface area contributed by atoms with E-state index in [0.717, 1.165) is 22.4 Å². The predicted octanol–water partition coefficient (Wildman–Crippen LogP) is 1.72. The van der Waals surface area contributed by atoms with Crippen LogP contribution in [0.4, 0.5) is 0 Å². The normalized spacial score (nSPS) is 12.0. The van der Waals surface area contributed by atoms with Crippen molar-refractivity contribution in [3.8, 4) is 5.75 Å². The number of aryl methyl sites for hydroxylation is 2. The molecule has 142 valence electrons. The zero-order chi connectivity index (χ0) is 18.9.